The second kappa shape index (κ2) is 16.4. The van der Waals surface area contributed by atoms with Crippen LogP contribution in [0.3, 0.4) is 0 Å². The summed E-state index contributed by atoms with van der Waals surface area (Å²) in [6, 6.07) is 69.1. The molecular weight excluding hydrogens is 785 g/mol. The summed E-state index contributed by atoms with van der Waals surface area (Å²) in [4.78, 5) is 4.88. The quantitative estimate of drug-likeness (QED) is 0.141. The van der Waals surface area contributed by atoms with E-state index in [1.807, 2.05) is 0 Å². The number of nitrogens with zero attached hydrogens (tertiary/aromatic N) is 2. The molecule has 0 heterocycles. The second-order valence-corrected chi connectivity index (χ2v) is 19.7. The number of hydrogen-bond acceptors (Lipinski definition) is 2. The van der Waals surface area contributed by atoms with Gasteiger partial charge in [0.15, 0.2) is 0 Å². The molecule has 65 heavy (non-hydrogen) atoms. The van der Waals surface area contributed by atoms with Crippen molar-refractivity contribution >= 4 is 66.4 Å². The molecule has 2 nitrogen and oxygen atoms in total. The zero-order valence-electron chi connectivity index (χ0n) is 37.9. The average Bonchev–Trinajstić information content (AvgIpc) is 3.62. The first-order valence-corrected chi connectivity index (χ1v) is 24.5. The fraction of sp³-hybridized carbons (Fsp3) is 0.238. The van der Waals surface area contributed by atoms with Crippen LogP contribution < -0.4 is 9.80 Å². The van der Waals surface area contributed by atoms with Gasteiger partial charge in [-0.3, -0.25) is 0 Å². The summed E-state index contributed by atoms with van der Waals surface area (Å²) < 4.78 is 0. The molecule has 9 aromatic rings. The molecule has 0 saturated heterocycles. The number of rotatable bonds is 8. The normalized spacial score (nSPS) is 16.2. The third kappa shape index (κ3) is 6.92. The Hall–Kier alpha value is -6.64. The van der Waals surface area contributed by atoms with E-state index in [1.165, 1.54) is 164 Å². The standard InChI is InChI=1S/C63H58N2/c1-63(2)61-54-39-36-52(64(48-21-11-5-12-22-48)50-32-27-45(28-33-50)43-17-7-3-8-18-43)41-47(54)31-38-58(61)60-56-26-16-15-25-55(56)59-42-53(37-40-57(59)62(60)63)65(49-23-13-6-14-24-49)51-34-29-46(30-35-51)44-19-9-4-10-20-44/h5-6,11-16,21-44H,3-4,7-10,17-20H2,1-2H3. The van der Waals surface area contributed by atoms with E-state index in [1.54, 1.807) is 0 Å². The van der Waals surface area contributed by atoms with Crippen LogP contribution in [0.2, 0.25) is 0 Å². The minimum absolute atomic E-state index is 0.238. The van der Waals surface area contributed by atoms with Crippen molar-refractivity contribution in [3.05, 3.63) is 204 Å². The highest BCUT2D eigenvalue weighted by Crippen LogP contribution is 2.57. The van der Waals surface area contributed by atoms with Gasteiger partial charge in [0.2, 0.25) is 0 Å². The van der Waals surface area contributed by atoms with Crippen LogP contribution in [0.5, 0.6) is 0 Å². The van der Waals surface area contributed by atoms with Gasteiger partial charge in [0.25, 0.3) is 0 Å². The van der Waals surface area contributed by atoms with Crippen molar-refractivity contribution in [1.29, 1.82) is 0 Å². The van der Waals surface area contributed by atoms with Gasteiger partial charge in [-0.2, -0.15) is 0 Å². The van der Waals surface area contributed by atoms with Crippen LogP contribution in [-0.4, -0.2) is 0 Å². The van der Waals surface area contributed by atoms with Crippen molar-refractivity contribution in [2.24, 2.45) is 0 Å². The molecule has 0 amide bonds. The first-order chi connectivity index (χ1) is 32.0. The first-order valence-electron chi connectivity index (χ1n) is 24.5. The number of benzene rings is 9. The predicted octanol–water partition coefficient (Wildman–Crippen LogP) is 18.5. The van der Waals surface area contributed by atoms with E-state index in [2.05, 4.69) is 206 Å². The van der Waals surface area contributed by atoms with E-state index in [-0.39, 0.29) is 5.41 Å². The first kappa shape index (κ1) is 39.9. The third-order valence-corrected chi connectivity index (χ3v) is 15.5. The van der Waals surface area contributed by atoms with Crippen LogP contribution >= 0.6 is 0 Å². The van der Waals surface area contributed by atoms with Crippen LogP contribution in [0.25, 0.3) is 43.4 Å². The van der Waals surface area contributed by atoms with Crippen molar-refractivity contribution in [3.8, 4) is 11.1 Å². The van der Waals surface area contributed by atoms with Gasteiger partial charge in [-0.15, -0.1) is 0 Å². The summed E-state index contributed by atoms with van der Waals surface area (Å²) in [5.41, 5.74) is 15.4. The minimum atomic E-state index is -0.238. The Kier molecular flexibility index (Phi) is 10.1. The van der Waals surface area contributed by atoms with Crippen LogP contribution in [0.4, 0.5) is 34.1 Å². The van der Waals surface area contributed by atoms with E-state index in [9.17, 15) is 0 Å². The maximum absolute atomic E-state index is 2.46. The average molecular weight is 843 g/mol. The van der Waals surface area contributed by atoms with Gasteiger partial charge in [-0.05, 0) is 176 Å². The second-order valence-electron chi connectivity index (χ2n) is 19.7. The van der Waals surface area contributed by atoms with E-state index >= 15 is 0 Å². The summed E-state index contributed by atoms with van der Waals surface area (Å²) in [5, 5.41) is 7.86. The minimum Gasteiger partial charge on any atom is -0.310 e. The molecule has 12 rings (SSSR count). The molecule has 2 fully saturated rings. The Morgan fingerprint density at radius 2 is 0.815 bits per heavy atom. The lowest BCUT2D eigenvalue weighted by atomic mass is 9.77. The largest absolute Gasteiger partial charge is 0.310 e. The molecule has 2 saturated carbocycles. The van der Waals surface area contributed by atoms with Crippen LogP contribution in [0, 0.1) is 0 Å². The number of para-hydroxylation sites is 2. The molecule has 0 aliphatic heterocycles. The zero-order valence-corrected chi connectivity index (χ0v) is 37.9. The van der Waals surface area contributed by atoms with E-state index in [0.29, 0.717) is 11.8 Å². The van der Waals surface area contributed by atoms with Crippen LogP contribution in [0.15, 0.2) is 182 Å². The Bertz CT molecular complexity index is 3170. The Morgan fingerprint density at radius 3 is 1.37 bits per heavy atom. The summed E-state index contributed by atoms with van der Waals surface area (Å²) in [7, 11) is 0. The monoisotopic (exact) mass is 842 g/mol. The maximum atomic E-state index is 2.46. The Balaban J connectivity index is 0.966. The van der Waals surface area contributed by atoms with Gasteiger partial charge in [0.1, 0.15) is 0 Å². The van der Waals surface area contributed by atoms with Crippen molar-refractivity contribution in [2.75, 3.05) is 9.80 Å². The SMILES string of the molecule is CC1(C)c2c(ccc3cc(N(c4ccccc4)c4ccc(C5CCCCC5)cc4)ccc23)-c2c1c1ccc(N(c3ccccc3)c3ccc(C4CCCCC4)cc3)cc1c1ccccc21. The molecule has 0 unspecified atom stereocenters. The Morgan fingerprint density at radius 1 is 0.354 bits per heavy atom. The van der Waals surface area contributed by atoms with Crippen molar-refractivity contribution < 1.29 is 0 Å². The molecule has 9 aromatic carbocycles. The lowest BCUT2D eigenvalue weighted by Gasteiger charge is -2.29. The highest BCUT2D eigenvalue weighted by molar-refractivity contribution is 6.20. The van der Waals surface area contributed by atoms with E-state index in [4.69, 9.17) is 0 Å². The third-order valence-electron chi connectivity index (χ3n) is 15.5. The fourth-order valence-corrected chi connectivity index (χ4v) is 12.4. The van der Waals surface area contributed by atoms with Crippen LogP contribution in [-0.2, 0) is 5.41 Å². The molecule has 2 heteroatoms. The molecule has 320 valence electrons. The van der Waals surface area contributed by atoms with Gasteiger partial charge in [0, 0.05) is 39.5 Å². The van der Waals surface area contributed by atoms with Gasteiger partial charge in [-0.25, -0.2) is 0 Å². The van der Waals surface area contributed by atoms with Gasteiger partial charge in [0.05, 0.1) is 0 Å². The van der Waals surface area contributed by atoms with Crippen molar-refractivity contribution in [3.63, 3.8) is 0 Å². The van der Waals surface area contributed by atoms with Crippen molar-refractivity contribution in [1.82, 2.24) is 0 Å². The van der Waals surface area contributed by atoms with Gasteiger partial charge in [-0.1, -0.05) is 162 Å². The number of fused-ring (bicyclic) bond motifs is 10. The summed E-state index contributed by atoms with van der Waals surface area (Å²) in [6.45, 7) is 4.92. The maximum Gasteiger partial charge on any atom is 0.0468 e. The Labute approximate surface area is 385 Å². The number of hydrogen-bond donors (Lipinski definition) is 0. The van der Waals surface area contributed by atoms with E-state index < -0.39 is 0 Å². The zero-order chi connectivity index (χ0) is 43.5. The summed E-state index contributed by atoms with van der Waals surface area (Å²) >= 11 is 0. The highest BCUT2D eigenvalue weighted by Gasteiger charge is 2.40. The molecular formula is C63H58N2. The van der Waals surface area contributed by atoms with Gasteiger partial charge >= 0.3 is 0 Å². The number of anilines is 6. The van der Waals surface area contributed by atoms with E-state index in [0.717, 1.165) is 0 Å². The van der Waals surface area contributed by atoms with Crippen molar-refractivity contribution in [2.45, 2.75) is 95.3 Å². The summed E-state index contributed by atoms with van der Waals surface area (Å²) in [5.74, 6) is 1.37. The molecule has 3 aliphatic carbocycles. The summed E-state index contributed by atoms with van der Waals surface area (Å²) in [6.07, 6.45) is 13.4. The van der Waals surface area contributed by atoms with Crippen LogP contribution in [0.1, 0.15) is 112 Å². The molecule has 0 radical (unpaired) electrons. The molecule has 0 spiro atoms. The molecule has 0 atom stereocenters. The molecule has 3 aliphatic rings. The highest BCUT2D eigenvalue weighted by atomic mass is 15.1. The molecule has 0 aromatic heterocycles. The smallest absolute Gasteiger partial charge is 0.0468 e. The predicted molar refractivity (Wildman–Crippen MR) is 278 cm³/mol. The van der Waals surface area contributed by atoms with Gasteiger partial charge < -0.3 is 9.80 Å². The topological polar surface area (TPSA) is 6.48 Å². The molecule has 0 N–H and O–H groups in total. The fourth-order valence-electron chi connectivity index (χ4n) is 12.4. The lowest BCUT2D eigenvalue weighted by molar-refractivity contribution is 0.443. The lowest BCUT2D eigenvalue weighted by Crippen LogP contribution is -2.16. The molecule has 0 bridgehead atoms.